The summed E-state index contributed by atoms with van der Waals surface area (Å²) in [6, 6.07) is 10.5. The van der Waals surface area contributed by atoms with Crippen molar-refractivity contribution >= 4 is 6.21 Å². The minimum atomic E-state index is 0.544. The van der Waals surface area contributed by atoms with Crippen LogP contribution in [0.1, 0.15) is 19.4 Å². The standard InChI is InChI=1S/C12H17N/c1-3-13-10-11(2)9-12-7-5-4-6-8-12/h4-8,10-11H,3,9H2,1-2H3/b13-10+/t11-/m0/s1. The summed E-state index contributed by atoms with van der Waals surface area (Å²) in [5, 5.41) is 0. The van der Waals surface area contributed by atoms with E-state index in [1.807, 2.05) is 12.3 Å². The van der Waals surface area contributed by atoms with Gasteiger partial charge in [-0.2, -0.15) is 0 Å². The van der Waals surface area contributed by atoms with Crippen molar-refractivity contribution in [2.75, 3.05) is 6.54 Å². The smallest absolute Gasteiger partial charge is 0.0357 e. The Balaban J connectivity index is 2.45. The van der Waals surface area contributed by atoms with Gasteiger partial charge in [-0.3, -0.25) is 4.99 Å². The van der Waals surface area contributed by atoms with Gasteiger partial charge < -0.3 is 0 Å². The number of nitrogens with zero attached hydrogens (tertiary/aromatic N) is 1. The van der Waals surface area contributed by atoms with E-state index < -0.39 is 0 Å². The Hall–Kier alpha value is -1.11. The van der Waals surface area contributed by atoms with Gasteiger partial charge in [0.15, 0.2) is 0 Å². The highest BCUT2D eigenvalue weighted by atomic mass is 14.7. The van der Waals surface area contributed by atoms with Gasteiger partial charge in [0, 0.05) is 12.8 Å². The van der Waals surface area contributed by atoms with Crippen LogP contribution in [0.4, 0.5) is 0 Å². The number of aliphatic imine (C=N–C) groups is 1. The van der Waals surface area contributed by atoms with E-state index >= 15 is 0 Å². The van der Waals surface area contributed by atoms with Gasteiger partial charge in [-0.25, -0.2) is 0 Å². The molecule has 0 N–H and O–H groups in total. The molecular weight excluding hydrogens is 158 g/mol. The molecule has 0 aliphatic heterocycles. The fourth-order valence-electron chi connectivity index (χ4n) is 1.32. The zero-order chi connectivity index (χ0) is 9.52. The van der Waals surface area contributed by atoms with E-state index in [0.29, 0.717) is 5.92 Å². The van der Waals surface area contributed by atoms with Gasteiger partial charge in [0.05, 0.1) is 0 Å². The summed E-state index contributed by atoms with van der Waals surface area (Å²) in [6.45, 7) is 5.15. The SMILES string of the molecule is CC/N=C/[C@@H](C)Cc1ccccc1. The van der Waals surface area contributed by atoms with Crippen LogP contribution >= 0.6 is 0 Å². The van der Waals surface area contributed by atoms with Crippen LogP contribution in [-0.2, 0) is 6.42 Å². The molecule has 1 nitrogen and oxygen atoms in total. The first kappa shape index (κ1) is 9.97. The highest BCUT2D eigenvalue weighted by Gasteiger charge is 1.98. The van der Waals surface area contributed by atoms with Crippen molar-refractivity contribution in [2.45, 2.75) is 20.3 Å². The first-order chi connectivity index (χ1) is 6.33. The molecule has 13 heavy (non-hydrogen) atoms. The topological polar surface area (TPSA) is 12.4 Å². The number of hydrogen-bond donors (Lipinski definition) is 0. The number of rotatable bonds is 4. The first-order valence-electron chi connectivity index (χ1n) is 4.86. The summed E-state index contributed by atoms with van der Waals surface area (Å²) in [5.41, 5.74) is 1.39. The van der Waals surface area contributed by atoms with E-state index in [2.05, 4.69) is 43.1 Å². The van der Waals surface area contributed by atoms with Gasteiger partial charge in [-0.05, 0) is 24.8 Å². The van der Waals surface area contributed by atoms with Gasteiger partial charge in [-0.1, -0.05) is 37.3 Å². The van der Waals surface area contributed by atoms with Gasteiger partial charge >= 0.3 is 0 Å². The van der Waals surface area contributed by atoms with Crippen LogP contribution < -0.4 is 0 Å². The zero-order valence-electron chi connectivity index (χ0n) is 8.40. The highest BCUT2D eigenvalue weighted by Crippen LogP contribution is 2.05. The number of hydrogen-bond acceptors (Lipinski definition) is 1. The molecule has 1 atom stereocenters. The quantitative estimate of drug-likeness (QED) is 0.624. The molecule has 0 radical (unpaired) electrons. The van der Waals surface area contributed by atoms with Crippen LogP contribution in [0.3, 0.4) is 0 Å². The highest BCUT2D eigenvalue weighted by molar-refractivity contribution is 5.60. The Morgan fingerprint density at radius 3 is 2.62 bits per heavy atom. The predicted molar refractivity (Wildman–Crippen MR) is 58.3 cm³/mol. The van der Waals surface area contributed by atoms with Crippen LogP contribution in [0.2, 0.25) is 0 Å². The van der Waals surface area contributed by atoms with Gasteiger partial charge in [0.1, 0.15) is 0 Å². The predicted octanol–water partition coefficient (Wildman–Crippen LogP) is 2.96. The molecule has 70 valence electrons. The molecular formula is C12H17N. The Labute approximate surface area is 80.5 Å². The minimum absolute atomic E-state index is 0.544. The van der Waals surface area contributed by atoms with E-state index in [0.717, 1.165) is 13.0 Å². The van der Waals surface area contributed by atoms with Crippen molar-refractivity contribution in [3.05, 3.63) is 35.9 Å². The second-order valence-corrected chi connectivity index (χ2v) is 3.31. The van der Waals surface area contributed by atoms with Crippen molar-refractivity contribution in [1.82, 2.24) is 0 Å². The fourth-order valence-corrected chi connectivity index (χ4v) is 1.32. The van der Waals surface area contributed by atoms with Gasteiger partial charge in [0.2, 0.25) is 0 Å². The van der Waals surface area contributed by atoms with Gasteiger partial charge in [-0.15, -0.1) is 0 Å². The average Bonchev–Trinajstić information content (AvgIpc) is 2.16. The Kier molecular flexibility index (Phi) is 4.24. The zero-order valence-corrected chi connectivity index (χ0v) is 8.40. The molecule has 0 saturated carbocycles. The molecule has 1 rings (SSSR count). The van der Waals surface area contributed by atoms with Crippen molar-refractivity contribution < 1.29 is 0 Å². The van der Waals surface area contributed by atoms with Crippen molar-refractivity contribution in [3.8, 4) is 0 Å². The second-order valence-electron chi connectivity index (χ2n) is 3.31. The summed E-state index contributed by atoms with van der Waals surface area (Å²) in [6.07, 6.45) is 3.14. The van der Waals surface area contributed by atoms with E-state index in [4.69, 9.17) is 0 Å². The molecule has 1 aromatic carbocycles. The Morgan fingerprint density at radius 1 is 1.31 bits per heavy atom. The maximum Gasteiger partial charge on any atom is 0.0357 e. The summed E-state index contributed by atoms with van der Waals surface area (Å²) in [4.78, 5) is 4.24. The summed E-state index contributed by atoms with van der Waals surface area (Å²) in [5.74, 6) is 0.544. The molecule has 0 heterocycles. The van der Waals surface area contributed by atoms with Crippen LogP contribution in [-0.4, -0.2) is 12.8 Å². The first-order valence-corrected chi connectivity index (χ1v) is 4.86. The van der Waals surface area contributed by atoms with Gasteiger partial charge in [0.25, 0.3) is 0 Å². The van der Waals surface area contributed by atoms with E-state index in [1.54, 1.807) is 0 Å². The Morgan fingerprint density at radius 2 is 2.00 bits per heavy atom. The molecule has 0 aliphatic carbocycles. The third-order valence-corrected chi connectivity index (χ3v) is 1.94. The normalized spacial score (nSPS) is 13.4. The van der Waals surface area contributed by atoms with E-state index in [-0.39, 0.29) is 0 Å². The molecule has 0 fully saturated rings. The molecule has 0 aromatic heterocycles. The molecule has 0 bridgehead atoms. The molecule has 1 heteroatoms. The molecule has 0 spiro atoms. The van der Waals surface area contributed by atoms with E-state index in [9.17, 15) is 0 Å². The lowest BCUT2D eigenvalue weighted by molar-refractivity contribution is 0.779. The maximum absolute atomic E-state index is 4.24. The second kappa shape index (κ2) is 5.52. The van der Waals surface area contributed by atoms with Crippen LogP contribution in [0, 0.1) is 5.92 Å². The lowest BCUT2D eigenvalue weighted by Gasteiger charge is -2.04. The molecule has 0 amide bonds. The third-order valence-electron chi connectivity index (χ3n) is 1.94. The summed E-state index contributed by atoms with van der Waals surface area (Å²) in [7, 11) is 0. The van der Waals surface area contributed by atoms with Crippen molar-refractivity contribution in [3.63, 3.8) is 0 Å². The lowest BCUT2D eigenvalue weighted by atomic mass is 10.0. The monoisotopic (exact) mass is 175 g/mol. The minimum Gasteiger partial charge on any atom is -0.298 e. The Bertz CT molecular complexity index is 251. The van der Waals surface area contributed by atoms with E-state index in [1.165, 1.54) is 5.56 Å². The van der Waals surface area contributed by atoms with Crippen LogP contribution in [0.25, 0.3) is 0 Å². The number of benzene rings is 1. The fraction of sp³-hybridized carbons (Fsp3) is 0.417. The van der Waals surface area contributed by atoms with Crippen LogP contribution in [0.15, 0.2) is 35.3 Å². The van der Waals surface area contributed by atoms with Crippen LogP contribution in [0.5, 0.6) is 0 Å². The van der Waals surface area contributed by atoms with Crippen molar-refractivity contribution in [1.29, 1.82) is 0 Å². The molecule has 0 saturated heterocycles. The molecule has 0 aliphatic rings. The summed E-state index contributed by atoms with van der Waals surface area (Å²) < 4.78 is 0. The van der Waals surface area contributed by atoms with Crippen molar-refractivity contribution in [2.24, 2.45) is 10.9 Å². The largest absolute Gasteiger partial charge is 0.298 e. The average molecular weight is 175 g/mol. The maximum atomic E-state index is 4.24. The summed E-state index contributed by atoms with van der Waals surface area (Å²) >= 11 is 0. The molecule has 1 aromatic rings. The molecule has 0 unspecified atom stereocenters. The lowest BCUT2D eigenvalue weighted by Crippen LogP contribution is -2.00. The third kappa shape index (κ3) is 3.88.